The number of aromatic nitrogens is 1. The Balaban J connectivity index is 2.42. The Kier molecular flexibility index (Phi) is 4.12. The number of amidine groups is 1. The average Bonchev–Trinajstić information content (AvgIpc) is 2.82. The van der Waals surface area contributed by atoms with Gasteiger partial charge in [-0.15, -0.1) is 0 Å². The number of aryl methyl sites for hydroxylation is 1. The molecule has 0 unspecified atom stereocenters. The maximum absolute atomic E-state index is 12.9. The van der Waals surface area contributed by atoms with E-state index in [0.717, 1.165) is 17.8 Å². The lowest BCUT2D eigenvalue weighted by Crippen LogP contribution is -2.20. The van der Waals surface area contributed by atoms with Crippen molar-refractivity contribution in [2.45, 2.75) is 23.2 Å². The van der Waals surface area contributed by atoms with Crippen LogP contribution in [0.15, 0.2) is 44.2 Å². The predicted molar refractivity (Wildman–Crippen MR) is 69.3 cm³/mol. The third kappa shape index (κ3) is 3.48. The molecule has 112 valence electrons. The van der Waals surface area contributed by atoms with Crippen LogP contribution in [0.25, 0.3) is 0 Å². The monoisotopic (exact) mass is 317 g/mol. The van der Waals surface area contributed by atoms with Crippen LogP contribution < -0.4 is 5.73 Å². The molecule has 0 radical (unpaired) electrons. The van der Waals surface area contributed by atoms with Crippen molar-refractivity contribution in [3.63, 3.8) is 0 Å². The van der Waals surface area contributed by atoms with Crippen molar-refractivity contribution >= 4 is 17.6 Å². The molecule has 2 rings (SSSR count). The minimum absolute atomic E-state index is 0.290. The number of nitrogens with two attached hydrogens (primary N) is 1. The number of hydrogen-bond acceptors (Lipinski definition) is 5. The number of alkyl halides is 3. The van der Waals surface area contributed by atoms with Crippen LogP contribution in [0.1, 0.15) is 16.8 Å². The first-order valence-electron chi connectivity index (χ1n) is 5.60. The van der Waals surface area contributed by atoms with Crippen LogP contribution in [0, 0.1) is 6.92 Å². The van der Waals surface area contributed by atoms with Crippen LogP contribution in [0.4, 0.5) is 13.2 Å². The summed E-state index contributed by atoms with van der Waals surface area (Å²) in [7, 11) is 0. The molecule has 0 bridgehead atoms. The van der Waals surface area contributed by atoms with E-state index < -0.39 is 23.1 Å². The highest BCUT2D eigenvalue weighted by Gasteiger charge is 2.34. The Bertz CT molecular complexity index is 683. The Morgan fingerprint density at radius 3 is 2.67 bits per heavy atom. The summed E-state index contributed by atoms with van der Waals surface area (Å²) in [5.74, 6) is -0.617. The molecule has 0 aliphatic carbocycles. The van der Waals surface area contributed by atoms with Crippen molar-refractivity contribution in [1.29, 1.82) is 0 Å². The number of oxazole rings is 1. The van der Waals surface area contributed by atoms with E-state index in [0.29, 0.717) is 10.6 Å². The fourth-order valence-corrected chi connectivity index (χ4v) is 2.38. The van der Waals surface area contributed by atoms with Crippen molar-refractivity contribution in [3.8, 4) is 0 Å². The summed E-state index contributed by atoms with van der Waals surface area (Å²) in [4.78, 5) is 4.46. The molecule has 0 aliphatic rings. The van der Waals surface area contributed by atoms with E-state index >= 15 is 0 Å². The highest BCUT2D eigenvalue weighted by molar-refractivity contribution is 7.99. The normalized spacial score (nSPS) is 12.7. The fraction of sp³-hybridized carbons (Fsp3) is 0.167. The topological polar surface area (TPSA) is 84.6 Å². The zero-order chi connectivity index (χ0) is 15.6. The Labute approximate surface area is 121 Å². The Hall–Kier alpha value is -2.16. The summed E-state index contributed by atoms with van der Waals surface area (Å²) in [6.07, 6.45) is -3.18. The van der Waals surface area contributed by atoms with E-state index in [1.807, 2.05) is 0 Å². The zero-order valence-corrected chi connectivity index (χ0v) is 11.5. The molecule has 0 aliphatic heterocycles. The lowest BCUT2D eigenvalue weighted by molar-refractivity contribution is -0.137. The van der Waals surface area contributed by atoms with Gasteiger partial charge in [0.15, 0.2) is 5.84 Å². The number of halogens is 3. The number of nitrogens with zero attached hydrogens (tertiary/aromatic N) is 2. The largest absolute Gasteiger partial charge is 0.439 e. The van der Waals surface area contributed by atoms with E-state index in [2.05, 4.69) is 10.1 Å². The molecule has 1 aromatic heterocycles. The van der Waals surface area contributed by atoms with E-state index in [4.69, 9.17) is 15.4 Å². The van der Waals surface area contributed by atoms with Crippen LogP contribution in [0.5, 0.6) is 0 Å². The molecular formula is C12H10F3N3O2S. The fourth-order valence-electron chi connectivity index (χ4n) is 1.58. The van der Waals surface area contributed by atoms with Crippen LogP contribution in [-0.2, 0) is 6.18 Å². The van der Waals surface area contributed by atoms with Gasteiger partial charge >= 0.3 is 6.18 Å². The van der Waals surface area contributed by atoms with E-state index in [-0.39, 0.29) is 5.22 Å². The van der Waals surface area contributed by atoms with Crippen LogP contribution >= 0.6 is 11.8 Å². The second kappa shape index (κ2) is 5.68. The van der Waals surface area contributed by atoms with Crippen molar-refractivity contribution in [2.75, 3.05) is 0 Å². The summed E-state index contributed by atoms with van der Waals surface area (Å²) in [6.45, 7) is 1.72. The van der Waals surface area contributed by atoms with Gasteiger partial charge in [0, 0.05) is 10.5 Å². The van der Waals surface area contributed by atoms with Gasteiger partial charge in [0.2, 0.25) is 0 Å². The molecule has 2 aromatic rings. The molecule has 0 fully saturated rings. The summed E-state index contributed by atoms with van der Waals surface area (Å²) < 4.78 is 43.7. The molecule has 5 nitrogen and oxygen atoms in total. The van der Waals surface area contributed by atoms with Crippen molar-refractivity contribution in [2.24, 2.45) is 10.9 Å². The minimum Gasteiger partial charge on any atom is -0.439 e. The predicted octanol–water partition coefficient (Wildman–Crippen LogP) is 3.25. The van der Waals surface area contributed by atoms with Gasteiger partial charge in [-0.1, -0.05) is 5.16 Å². The first-order valence-corrected chi connectivity index (χ1v) is 6.42. The van der Waals surface area contributed by atoms with E-state index in [1.165, 1.54) is 18.4 Å². The van der Waals surface area contributed by atoms with Crippen molar-refractivity contribution in [1.82, 2.24) is 4.98 Å². The molecule has 21 heavy (non-hydrogen) atoms. The molecular weight excluding hydrogens is 307 g/mol. The highest BCUT2D eigenvalue weighted by atomic mass is 32.2. The maximum atomic E-state index is 12.9. The summed E-state index contributed by atoms with van der Waals surface area (Å²) in [5, 5.41) is 11.5. The summed E-state index contributed by atoms with van der Waals surface area (Å²) in [5.41, 5.74) is 4.58. The second-order valence-corrected chi connectivity index (χ2v) is 5.07. The molecule has 1 aromatic carbocycles. The molecule has 0 spiro atoms. The lowest BCUT2D eigenvalue weighted by atomic mass is 10.1. The Morgan fingerprint density at radius 2 is 2.14 bits per heavy atom. The van der Waals surface area contributed by atoms with Crippen LogP contribution in [0.2, 0.25) is 0 Å². The van der Waals surface area contributed by atoms with E-state index in [1.54, 1.807) is 6.92 Å². The van der Waals surface area contributed by atoms with Gasteiger partial charge in [-0.05, 0) is 36.9 Å². The first-order chi connectivity index (χ1) is 9.81. The smallest absolute Gasteiger partial charge is 0.417 e. The van der Waals surface area contributed by atoms with Crippen molar-refractivity contribution in [3.05, 3.63) is 41.3 Å². The molecule has 9 heteroatoms. The Morgan fingerprint density at radius 1 is 1.43 bits per heavy atom. The third-order valence-corrected chi connectivity index (χ3v) is 3.33. The van der Waals surface area contributed by atoms with Crippen molar-refractivity contribution < 1.29 is 22.8 Å². The zero-order valence-electron chi connectivity index (χ0n) is 10.7. The van der Waals surface area contributed by atoms with Gasteiger partial charge in [-0.3, -0.25) is 0 Å². The SMILES string of the molecule is Cc1coc(Sc2ccc(C(F)(F)F)c(/C(N)=N/O)c2)n1. The number of benzene rings is 1. The standard InChI is InChI=1S/C12H10F3N3O2S/c1-6-5-20-11(17-6)21-7-2-3-9(12(13,14)15)8(4-7)10(16)18-19/h2-5,19H,1H3,(H2,16,18). The molecule has 3 N–H and O–H groups in total. The molecule has 0 amide bonds. The average molecular weight is 317 g/mol. The van der Waals surface area contributed by atoms with Gasteiger partial charge in [-0.2, -0.15) is 13.2 Å². The number of oxime groups is 1. The summed E-state index contributed by atoms with van der Waals surface area (Å²) >= 11 is 1.03. The van der Waals surface area contributed by atoms with Gasteiger partial charge in [0.05, 0.1) is 11.3 Å². The molecule has 0 atom stereocenters. The van der Waals surface area contributed by atoms with Crippen LogP contribution in [0.3, 0.4) is 0 Å². The first kappa shape index (κ1) is 15.2. The van der Waals surface area contributed by atoms with Gasteiger partial charge in [0.1, 0.15) is 6.26 Å². The second-order valence-electron chi connectivity index (χ2n) is 4.05. The van der Waals surface area contributed by atoms with Gasteiger partial charge < -0.3 is 15.4 Å². The highest BCUT2D eigenvalue weighted by Crippen LogP contribution is 2.35. The molecule has 0 saturated heterocycles. The van der Waals surface area contributed by atoms with Gasteiger partial charge in [-0.25, -0.2) is 4.98 Å². The number of rotatable bonds is 3. The van der Waals surface area contributed by atoms with Gasteiger partial charge in [0.25, 0.3) is 5.22 Å². The van der Waals surface area contributed by atoms with E-state index in [9.17, 15) is 13.2 Å². The van der Waals surface area contributed by atoms with Crippen LogP contribution in [-0.4, -0.2) is 16.0 Å². The lowest BCUT2D eigenvalue weighted by Gasteiger charge is -2.12. The summed E-state index contributed by atoms with van der Waals surface area (Å²) in [6, 6.07) is 3.30. The molecule has 0 saturated carbocycles. The minimum atomic E-state index is -4.60. The third-order valence-electron chi connectivity index (χ3n) is 2.48. The molecule has 1 heterocycles. The quantitative estimate of drug-likeness (QED) is 0.393. The number of hydrogen-bond donors (Lipinski definition) is 2. The maximum Gasteiger partial charge on any atom is 0.417 e.